The Kier molecular flexibility index (Phi) is 5.17. The third-order valence-corrected chi connectivity index (χ3v) is 5.09. The summed E-state index contributed by atoms with van der Waals surface area (Å²) in [5.41, 5.74) is -0.748. The second-order valence-corrected chi connectivity index (χ2v) is 6.59. The van der Waals surface area contributed by atoms with Crippen LogP contribution in [-0.4, -0.2) is 41.8 Å². The third-order valence-electron chi connectivity index (χ3n) is 5.09. The van der Waals surface area contributed by atoms with Gasteiger partial charge in [-0.15, -0.1) is 0 Å². The summed E-state index contributed by atoms with van der Waals surface area (Å²) in [6.45, 7) is 1.13. The molecule has 0 amide bonds. The van der Waals surface area contributed by atoms with E-state index in [0.29, 0.717) is 32.5 Å². The van der Waals surface area contributed by atoms with Gasteiger partial charge in [0, 0.05) is 6.54 Å². The summed E-state index contributed by atoms with van der Waals surface area (Å²) in [4.78, 5) is 13.7. The molecule has 2 rings (SSSR count). The zero-order chi connectivity index (χ0) is 15.5. The van der Waals surface area contributed by atoms with Crippen LogP contribution in [0.1, 0.15) is 51.4 Å². The van der Waals surface area contributed by atoms with Crippen molar-refractivity contribution in [1.29, 1.82) is 0 Å². The number of piperidine rings is 1. The second-order valence-electron chi connectivity index (χ2n) is 6.59. The largest absolute Gasteiger partial charge is 0.481 e. The van der Waals surface area contributed by atoms with Crippen LogP contribution in [0.25, 0.3) is 0 Å². The highest BCUT2D eigenvalue weighted by atomic mass is 19.4. The van der Waals surface area contributed by atoms with E-state index < -0.39 is 23.5 Å². The lowest BCUT2D eigenvalue weighted by molar-refractivity contribution is -0.186. The first kappa shape index (κ1) is 16.6. The molecule has 0 radical (unpaired) electrons. The molecule has 0 spiro atoms. The van der Waals surface area contributed by atoms with E-state index in [1.807, 2.05) is 4.90 Å². The minimum atomic E-state index is -4.11. The Labute approximate surface area is 123 Å². The van der Waals surface area contributed by atoms with Gasteiger partial charge in [-0.3, -0.25) is 4.79 Å². The number of carboxylic acid groups (broad SMARTS) is 1. The Hall–Kier alpha value is -0.780. The summed E-state index contributed by atoms with van der Waals surface area (Å²) in [5, 5.41) is 9.62. The molecule has 1 saturated carbocycles. The average molecular weight is 307 g/mol. The number of hydrogen-bond donors (Lipinski definition) is 1. The van der Waals surface area contributed by atoms with Gasteiger partial charge >= 0.3 is 12.1 Å². The van der Waals surface area contributed by atoms with Gasteiger partial charge < -0.3 is 10.0 Å². The Morgan fingerprint density at radius 3 is 2.05 bits per heavy atom. The summed E-state index contributed by atoms with van der Waals surface area (Å²) in [7, 11) is 0. The molecular weight excluding hydrogens is 283 g/mol. The minimum absolute atomic E-state index is 0.0964. The topological polar surface area (TPSA) is 40.5 Å². The molecule has 0 aromatic carbocycles. The summed E-state index contributed by atoms with van der Waals surface area (Å²) in [5.74, 6) is -1.99. The monoisotopic (exact) mass is 307 g/mol. The van der Waals surface area contributed by atoms with Crippen LogP contribution in [0.4, 0.5) is 13.2 Å². The first-order valence-corrected chi connectivity index (χ1v) is 7.86. The highest BCUT2D eigenvalue weighted by Crippen LogP contribution is 2.39. The van der Waals surface area contributed by atoms with Crippen molar-refractivity contribution in [3.05, 3.63) is 0 Å². The van der Waals surface area contributed by atoms with Gasteiger partial charge in [-0.1, -0.05) is 25.7 Å². The summed E-state index contributed by atoms with van der Waals surface area (Å²) in [6, 6.07) is 0. The normalized spacial score (nSPS) is 25.5. The number of nitrogens with zero attached hydrogens (tertiary/aromatic N) is 1. The van der Waals surface area contributed by atoms with E-state index in [1.54, 1.807) is 0 Å². The number of rotatable bonds is 3. The molecule has 0 unspecified atom stereocenters. The fraction of sp³-hybridized carbons (Fsp3) is 0.933. The van der Waals surface area contributed by atoms with Crippen molar-refractivity contribution in [2.24, 2.45) is 11.3 Å². The van der Waals surface area contributed by atoms with E-state index in [0.717, 1.165) is 25.7 Å². The molecule has 0 bridgehead atoms. The minimum Gasteiger partial charge on any atom is -0.481 e. The average Bonchev–Trinajstić information content (AvgIpc) is 2.65. The van der Waals surface area contributed by atoms with Gasteiger partial charge in [0.1, 0.15) is 0 Å². The van der Waals surface area contributed by atoms with Gasteiger partial charge in [0.15, 0.2) is 0 Å². The highest BCUT2D eigenvalue weighted by molar-refractivity contribution is 5.75. The fourth-order valence-electron chi connectivity index (χ4n) is 3.69. The van der Waals surface area contributed by atoms with E-state index in [-0.39, 0.29) is 12.8 Å². The molecule has 1 aliphatic carbocycles. The number of likely N-dealkylation sites (tertiary alicyclic amines) is 1. The first-order valence-electron chi connectivity index (χ1n) is 7.86. The number of alkyl halides is 3. The van der Waals surface area contributed by atoms with Crippen LogP contribution in [0.15, 0.2) is 0 Å². The molecule has 2 aliphatic rings. The Morgan fingerprint density at radius 2 is 1.62 bits per heavy atom. The molecule has 2 fully saturated rings. The lowest BCUT2D eigenvalue weighted by Crippen LogP contribution is -2.47. The van der Waals surface area contributed by atoms with E-state index in [2.05, 4.69) is 0 Å². The summed E-state index contributed by atoms with van der Waals surface area (Å²) < 4.78 is 38.0. The summed E-state index contributed by atoms with van der Waals surface area (Å²) in [6.07, 6.45) is 1.33. The molecule has 0 atom stereocenters. The van der Waals surface area contributed by atoms with Crippen LogP contribution < -0.4 is 0 Å². The van der Waals surface area contributed by atoms with Gasteiger partial charge in [-0.2, -0.15) is 13.2 Å². The van der Waals surface area contributed by atoms with Crippen molar-refractivity contribution in [2.45, 2.75) is 57.5 Å². The highest BCUT2D eigenvalue weighted by Gasteiger charge is 2.44. The molecule has 122 valence electrons. The second kappa shape index (κ2) is 6.55. The smallest absolute Gasteiger partial charge is 0.391 e. The van der Waals surface area contributed by atoms with Crippen molar-refractivity contribution in [3.8, 4) is 0 Å². The zero-order valence-corrected chi connectivity index (χ0v) is 12.3. The number of hydrogen-bond acceptors (Lipinski definition) is 2. The Balaban J connectivity index is 1.95. The Bertz CT molecular complexity index is 354. The molecule has 1 saturated heterocycles. The van der Waals surface area contributed by atoms with Gasteiger partial charge in [-0.25, -0.2) is 0 Å². The van der Waals surface area contributed by atoms with Crippen LogP contribution in [-0.2, 0) is 4.79 Å². The van der Waals surface area contributed by atoms with E-state index in [9.17, 15) is 23.1 Å². The maximum absolute atomic E-state index is 12.7. The van der Waals surface area contributed by atoms with E-state index in [1.165, 1.54) is 0 Å². The molecule has 0 aromatic heterocycles. The quantitative estimate of drug-likeness (QED) is 0.809. The van der Waals surface area contributed by atoms with Gasteiger partial charge in [0.05, 0.1) is 11.3 Å². The molecule has 1 aliphatic heterocycles. The van der Waals surface area contributed by atoms with Gasteiger partial charge in [-0.05, 0) is 38.8 Å². The fourth-order valence-corrected chi connectivity index (χ4v) is 3.69. The number of carboxylic acids is 1. The molecule has 1 N–H and O–H groups in total. The first-order chi connectivity index (χ1) is 9.83. The lowest BCUT2D eigenvalue weighted by atomic mass is 9.79. The Morgan fingerprint density at radius 1 is 1.10 bits per heavy atom. The molecule has 6 heteroatoms. The van der Waals surface area contributed by atoms with Gasteiger partial charge in [0.2, 0.25) is 0 Å². The van der Waals surface area contributed by atoms with Crippen molar-refractivity contribution in [1.82, 2.24) is 4.90 Å². The van der Waals surface area contributed by atoms with Crippen LogP contribution in [0, 0.1) is 11.3 Å². The number of carbonyl (C=O) groups is 1. The number of halogens is 3. The van der Waals surface area contributed by atoms with Crippen molar-refractivity contribution >= 4 is 5.97 Å². The molecule has 0 aromatic rings. The van der Waals surface area contributed by atoms with Crippen LogP contribution >= 0.6 is 0 Å². The van der Waals surface area contributed by atoms with Crippen LogP contribution in [0.3, 0.4) is 0 Å². The van der Waals surface area contributed by atoms with Crippen LogP contribution in [0.2, 0.25) is 0 Å². The lowest BCUT2D eigenvalue weighted by Gasteiger charge is -2.38. The molecule has 21 heavy (non-hydrogen) atoms. The van der Waals surface area contributed by atoms with E-state index in [4.69, 9.17) is 0 Å². The maximum atomic E-state index is 12.7. The molecular formula is C15H24F3NO2. The van der Waals surface area contributed by atoms with E-state index >= 15 is 0 Å². The molecule has 3 nitrogen and oxygen atoms in total. The van der Waals surface area contributed by atoms with Crippen molar-refractivity contribution in [2.75, 3.05) is 19.6 Å². The van der Waals surface area contributed by atoms with Crippen molar-refractivity contribution in [3.63, 3.8) is 0 Å². The summed E-state index contributed by atoms with van der Waals surface area (Å²) >= 11 is 0. The van der Waals surface area contributed by atoms with Gasteiger partial charge in [0.25, 0.3) is 0 Å². The third kappa shape index (κ3) is 4.11. The van der Waals surface area contributed by atoms with Crippen LogP contribution in [0.5, 0.6) is 0 Å². The number of aliphatic carboxylic acids is 1. The zero-order valence-electron chi connectivity index (χ0n) is 12.3. The molecule has 1 heterocycles. The van der Waals surface area contributed by atoms with Crippen molar-refractivity contribution < 1.29 is 23.1 Å². The SMILES string of the molecule is O=C(O)C1(CN2CCC(C(F)(F)F)CC2)CCCCCC1. The maximum Gasteiger partial charge on any atom is 0.391 e. The predicted molar refractivity (Wildman–Crippen MR) is 73.0 cm³/mol. The predicted octanol–water partition coefficient (Wildman–Crippen LogP) is 3.69. The standard InChI is InChI=1S/C15H24F3NO2/c16-15(17,18)12-5-9-19(10-6-12)11-14(13(20)21)7-3-1-2-4-8-14/h12H,1-11H2,(H,20,21).